The van der Waals surface area contributed by atoms with Crippen LogP contribution in [0.1, 0.15) is 12.0 Å². The van der Waals surface area contributed by atoms with Gasteiger partial charge in [-0.1, -0.05) is 6.08 Å². The van der Waals surface area contributed by atoms with Crippen LogP contribution in [0.5, 0.6) is 0 Å². The molecular formula is C19H24N10O2S. The van der Waals surface area contributed by atoms with Crippen LogP contribution < -0.4 is 26.8 Å². The molecule has 4 rings (SSSR count). The van der Waals surface area contributed by atoms with Gasteiger partial charge in [0.05, 0.1) is 4.90 Å². The van der Waals surface area contributed by atoms with E-state index < -0.39 is 10.0 Å². The van der Waals surface area contributed by atoms with E-state index in [2.05, 4.69) is 42.6 Å². The number of rotatable bonds is 8. The van der Waals surface area contributed by atoms with E-state index in [9.17, 15) is 8.42 Å². The Balaban J connectivity index is 1.62. The fourth-order valence-electron chi connectivity index (χ4n) is 3.40. The number of anilines is 4. The van der Waals surface area contributed by atoms with E-state index in [0.29, 0.717) is 23.7 Å². The van der Waals surface area contributed by atoms with Crippen molar-refractivity contribution >= 4 is 33.4 Å². The van der Waals surface area contributed by atoms with Crippen LogP contribution >= 0.6 is 0 Å². The predicted octanol–water partition coefficient (Wildman–Crippen LogP) is 0.533. The fourth-order valence-corrected chi connectivity index (χ4v) is 3.92. The van der Waals surface area contributed by atoms with Crippen molar-refractivity contribution in [3.05, 3.63) is 48.8 Å². The number of aromatic nitrogens is 5. The number of hydrogen-bond donors (Lipinski definition) is 5. The van der Waals surface area contributed by atoms with E-state index >= 15 is 0 Å². The summed E-state index contributed by atoms with van der Waals surface area (Å²) >= 11 is 0. The maximum atomic E-state index is 11.4. The van der Waals surface area contributed by atoms with Crippen LogP contribution in [0.3, 0.4) is 0 Å². The molecule has 1 unspecified atom stereocenters. The summed E-state index contributed by atoms with van der Waals surface area (Å²) in [5, 5.41) is 19.3. The molecule has 168 valence electrons. The third-order valence-electron chi connectivity index (χ3n) is 4.94. The van der Waals surface area contributed by atoms with Crippen molar-refractivity contribution < 1.29 is 8.42 Å². The summed E-state index contributed by atoms with van der Waals surface area (Å²) in [6, 6.07) is 6.16. The molecule has 1 aliphatic heterocycles. The van der Waals surface area contributed by atoms with Crippen molar-refractivity contribution in [3.63, 3.8) is 0 Å². The smallest absolute Gasteiger partial charge is 0.248 e. The van der Waals surface area contributed by atoms with Crippen molar-refractivity contribution in [1.82, 2.24) is 30.0 Å². The van der Waals surface area contributed by atoms with Crippen molar-refractivity contribution in [2.45, 2.75) is 23.8 Å². The molecule has 32 heavy (non-hydrogen) atoms. The summed E-state index contributed by atoms with van der Waals surface area (Å²) in [6.45, 7) is 5.65. The Morgan fingerprint density at radius 2 is 2.06 bits per heavy atom. The zero-order valence-corrected chi connectivity index (χ0v) is 18.0. The fraction of sp³-hybridized carbons (Fsp3) is 0.263. The maximum Gasteiger partial charge on any atom is 0.248 e. The minimum Gasteiger partial charge on any atom is -0.368 e. The first kappa shape index (κ1) is 21.7. The molecule has 3 aromatic rings. The molecule has 1 aromatic carbocycles. The Labute approximate surface area is 185 Å². The van der Waals surface area contributed by atoms with Gasteiger partial charge in [-0.15, -0.1) is 11.7 Å². The van der Waals surface area contributed by atoms with E-state index in [4.69, 9.17) is 10.9 Å². The van der Waals surface area contributed by atoms with E-state index in [1.54, 1.807) is 18.2 Å². The second kappa shape index (κ2) is 8.90. The highest BCUT2D eigenvalue weighted by Crippen LogP contribution is 2.24. The molecule has 0 radical (unpaired) electrons. The van der Waals surface area contributed by atoms with Crippen LogP contribution in [-0.2, 0) is 16.4 Å². The van der Waals surface area contributed by atoms with Crippen molar-refractivity contribution in [2.75, 3.05) is 29.5 Å². The minimum absolute atomic E-state index is 0.00796. The summed E-state index contributed by atoms with van der Waals surface area (Å²) in [4.78, 5) is 13.0. The normalized spacial score (nSPS) is 16.1. The van der Waals surface area contributed by atoms with E-state index in [-0.39, 0.29) is 22.8 Å². The average molecular weight is 457 g/mol. The lowest BCUT2D eigenvalue weighted by atomic mass is 10.1. The van der Waals surface area contributed by atoms with E-state index in [0.717, 1.165) is 25.1 Å². The first-order chi connectivity index (χ1) is 15.3. The van der Waals surface area contributed by atoms with Gasteiger partial charge in [-0.3, -0.25) is 0 Å². The Bertz CT molecular complexity index is 1220. The van der Waals surface area contributed by atoms with Gasteiger partial charge in [-0.25, -0.2) is 23.5 Å². The standard InChI is InChI=1S/C19H24N10O2S/c1-2-3-15-16(25-13-8-9-22-10-13)23-11-24-17(15)29-18(20)27-19(28-29)26-12-4-6-14(7-5-12)32(21,30)31/h2,4-7,11,13,22H,1,3,8-10H2,(H2,21,30,31)(H,23,24,25)(H3,20,26,27,28). The van der Waals surface area contributed by atoms with Gasteiger partial charge >= 0.3 is 0 Å². The average Bonchev–Trinajstić information content (AvgIpc) is 3.39. The first-order valence-corrected chi connectivity index (χ1v) is 11.4. The molecule has 0 spiro atoms. The molecule has 0 bridgehead atoms. The number of nitrogens with two attached hydrogens (primary N) is 2. The van der Waals surface area contributed by atoms with Crippen molar-refractivity contribution in [1.29, 1.82) is 0 Å². The van der Waals surface area contributed by atoms with Crippen LogP contribution in [0.25, 0.3) is 5.82 Å². The van der Waals surface area contributed by atoms with E-state index in [1.165, 1.54) is 23.1 Å². The number of benzene rings is 1. The number of primary sulfonamides is 1. The first-order valence-electron chi connectivity index (χ1n) is 9.90. The zero-order valence-electron chi connectivity index (χ0n) is 17.2. The number of nitrogens with zero attached hydrogens (tertiary/aromatic N) is 5. The number of nitrogen functional groups attached to an aromatic ring is 1. The van der Waals surface area contributed by atoms with Crippen LogP contribution in [0, 0.1) is 0 Å². The highest BCUT2D eigenvalue weighted by atomic mass is 32.2. The summed E-state index contributed by atoms with van der Waals surface area (Å²) in [5.41, 5.74) is 7.49. The molecule has 1 saturated heterocycles. The van der Waals surface area contributed by atoms with Gasteiger partial charge in [-0.2, -0.15) is 9.67 Å². The van der Waals surface area contributed by atoms with Crippen LogP contribution in [-0.4, -0.2) is 52.3 Å². The monoisotopic (exact) mass is 456 g/mol. The molecule has 0 aliphatic carbocycles. The SMILES string of the molecule is C=CCc1c(NC2CCNC2)ncnc1-n1nc(Nc2ccc(S(N)(=O)=O)cc2)nc1N. The summed E-state index contributed by atoms with van der Waals surface area (Å²) in [6.07, 6.45) is 4.72. The molecule has 7 N–H and O–H groups in total. The quantitative estimate of drug-likeness (QED) is 0.300. The number of sulfonamides is 1. The molecule has 3 heterocycles. The number of hydrogen-bond acceptors (Lipinski definition) is 10. The molecule has 2 aromatic heterocycles. The summed E-state index contributed by atoms with van der Waals surface area (Å²) in [5.74, 6) is 1.55. The second-order valence-corrected chi connectivity index (χ2v) is 8.81. The molecule has 1 aliphatic rings. The Morgan fingerprint density at radius 1 is 1.28 bits per heavy atom. The lowest BCUT2D eigenvalue weighted by Crippen LogP contribution is -2.24. The van der Waals surface area contributed by atoms with Gasteiger partial charge in [0.2, 0.25) is 21.9 Å². The summed E-state index contributed by atoms with van der Waals surface area (Å²) in [7, 11) is -3.77. The molecule has 13 heteroatoms. The second-order valence-electron chi connectivity index (χ2n) is 7.25. The third kappa shape index (κ3) is 4.69. The van der Waals surface area contributed by atoms with Gasteiger partial charge in [0, 0.05) is 23.8 Å². The number of allylic oxidation sites excluding steroid dienone is 1. The molecule has 1 fully saturated rings. The number of nitrogens with one attached hydrogen (secondary N) is 3. The Hall–Kier alpha value is -3.55. The van der Waals surface area contributed by atoms with Crippen LogP contribution in [0.15, 0.2) is 48.1 Å². The molecule has 12 nitrogen and oxygen atoms in total. The van der Waals surface area contributed by atoms with Gasteiger partial charge in [0.25, 0.3) is 0 Å². The van der Waals surface area contributed by atoms with Crippen LogP contribution in [0.2, 0.25) is 0 Å². The van der Waals surface area contributed by atoms with Crippen molar-refractivity contribution in [3.8, 4) is 5.82 Å². The molecule has 0 saturated carbocycles. The van der Waals surface area contributed by atoms with Gasteiger partial charge in [0.15, 0.2) is 5.82 Å². The highest BCUT2D eigenvalue weighted by molar-refractivity contribution is 7.89. The molecular weight excluding hydrogens is 432 g/mol. The van der Waals surface area contributed by atoms with Gasteiger partial charge in [-0.05, 0) is 43.7 Å². The summed E-state index contributed by atoms with van der Waals surface area (Å²) < 4.78 is 24.3. The van der Waals surface area contributed by atoms with E-state index in [1.807, 2.05) is 0 Å². The highest BCUT2D eigenvalue weighted by Gasteiger charge is 2.21. The molecule has 0 amide bonds. The predicted molar refractivity (Wildman–Crippen MR) is 121 cm³/mol. The largest absolute Gasteiger partial charge is 0.368 e. The Kier molecular flexibility index (Phi) is 6.03. The maximum absolute atomic E-state index is 11.4. The van der Waals surface area contributed by atoms with Gasteiger partial charge in [0.1, 0.15) is 12.1 Å². The lowest BCUT2D eigenvalue weighted by molar-refractivity contribution is 0.598. The van der Waals surface area contributed by atoms with Crippen LogP contribution in [0.4, 0.5) is 23.4 Å². The van der Waals surface area contributed by atoms with Gasteiger partial charge < -0.3 is 21.7 Å². The third-order valence-corrected chi connectivity index (χ3v) is 5.87. The lowest BCUT2D eigenvalue weighted by Gasteiger charge is -2.17. The Morgan fingerprint density at radius 3 is 2.72 bits per heavy atom. The topological polar surface area (TPSA) is 179 Å². The minimum atomic E-state index is -3.77. The zero-order chi connectivity index (χ0) is 22.7. The molecule has 1 atom stereocenters. The van der Waals surface area contributed by atoms with Crippen molar-refractivity contribution in [2.24, 2.45) is 5.14 Å².